The number of carbonyl (C=O) groups is 1. The highest BCUT2D eigenvalue weighted by Gasteiger charge is 2.13. The zero-order valence-electron chi connectivity index (χ0n) is 16.4. The summed E-state index contributed by atoms with van der Waals surface area (Å²) in [5.41, 5.74) is 4.28. The summed E-state index contributed by atoms with van der Waals surface area (Å²) in [5, 5.41) is 2.92. The van der Waals surface area contributed by atoms with E-state index in [2.05, 4.69) is 19.9 Å². The number of hydrogen-bond acceptors (Lipinski definition) is 4. The Morgan fingerprint density at radius 1 is 1.14 bits per heavy atom. The summed E-state index contributed by atoms with van der Waals surface area (Å²) in [7, 11) is 0. The SMILES string of the molecule is CCOc1ccc(-n2c(C)nc3cc(C(=O)NCc4cccnc4)ccc32)cc1. The Morgan fingerprint density at radius 3 is 2.69 bits per heavy atom. The number of amides is 1. The lowest BCUT2D eigenvalue weighted by Gasteiger charge is -2.09. The van der Waals surface area contributed by atoms with Gasteiger partial charge in [0.25, 0.3) is 5.91 Å². The molecule has 0 spiro atoms. The van der Waals surface area contributed by atoms with E-state index in [0.717, 1.165) is 33.9 Å². The van der Waals surface area contributed by atoms with Gasteiger partial charge in [-0.2, -0.15) is 0 Å². The lowest BCUT2D eigenvalue weighted by molar-refractivity contribution is 0.0951. The number of carbonyl (C=O) groups excluding carboxylic acids is 1. The maximum Gasteiger partial charge on any atom is 0.251 e. The van der Waals surface area contributed by atoms with E-state index >= 15 is 0 Å². The van der Waals surface area contributed by atoms with Gasteiger partial charge in [-0.05, 0) is 67.9 Å². The molecule has 146 valence electrons. The molecule has 0 unspecified atom stereocenters. The van der Waals surface area contributed by atoms with Crippen LogP contribution in [-0.2, 0) is 6.54 Å². The average molecular weight is 386 g/mol. The number of pyridine rings is 1. The summed E-state index contributed by atoms with van der Waals surface area (Å²) >= 11 is 0. The van der Waals surface area contributed by atoms with Crippen LogP contribution in [0.3, 0.4) is 0 Å². The van der Waals surface area contributed by atoms with E-state index < -0.39 is 0 Å². The predicted octanol–water partition coefficient (Wildman–Crippen LogP) is 4.06. The van der Waals surface area contributed by atoms with Gasteiger partial charge in [-0.15, -0.1) is 0 Å². The third-order valence-corrected chi connectivity index (χ3v) is 4.67. The number of ether oxygens (including phenoxy) is 1. The average Bonchev–Trinajstić information content (AvgIpc) is 3.08. The van der Waals surface area contributed by atoms with Gasteiger partial charge in [0.15, 0.2) is 0 Å². The molecule has 2 heterocycles. The smallest absolute Gasteiger partial charge is 0.251 e. The number of aryl methyl sites for hydroxylation is 1. The van der Waals surface area contributed by atoms with Gasteiger partial charge < -0.3 is 10.1 Å². The normalized spacial score (nSPS) is 10.8. The summed E-state index contributed by atoms with van der Waals surface area (Å²) in [6.45, 7) is 4.99. The molecule has 0 radical (unpaired) electrons. The standard InChI is InChI=1S/C23H22N4O2/c1-3-29-20-9-7-19(8-10-20)27-16(2)26-21-13-18(6-11-22(21)27)23(28)25-15-17-5-4-12-24-14-17/h4-14H,3,15H2,1-2H3,(H,25,28). The Kier molecular flexibility index (Phi) is 5.24. The van der Waals surface area contributed by atoms with E-state index in [0.29, 0.717) is 18.7 Å². The molecule has 29 heavy (non-hydrogen) atoms. The monoisotopic (exact) mass is 386 g/mol. The minimum atomic E-state index is -0.135. The van der Waals surface area contributed by atoms with Crippen molar-refractivity contribution in [3.05, 3.63) is 83.9 Å². The quantitative estimate of drug-likeness (QED) is 0.543. The molecule has 4 aromatic rings. The zero-order chi connectivity index (χ0) is 20.2. The van der Waals surface area contributed by atoms with Crippen molar-refractivity contribution in [2.45, 2.75) is 20.4 Å². The van der Waals surface area contributed by atoms with E-state index in [1.807, 2.05) is 68.4 Å². The van der Waals surface area contributed by atoms with Crippen LogP contribution in [0, 0.1) is 6.92 Å². The number of nitrogens with zero attached hydrogens (tertiary/aromatic N) is 3. The van der Waals surface area contributed by atoms with Gasteiger partial charge >= 0.3 is 0 Å². The lowest BCUT2D eigenvalue weighted by Crippen LogP contribution is -2.22. The molecule has 1 N–H and O–H groups in total. The van der Waals surface area contributed by atoms with Gasteiger partial charge in [0.2, 0.25) is 0 Å². The molecule has 6 heteroatoms. The molecule has 2 aromatic carbocycles. The van der Waals surface area contributed by atoms with Crippen molar-refractivity contribution >= 4 is 16.9 Å². The number of aromatic nitrogens is 3. The van der Waals surface area contributed by atoms with Gasteiger partial charge in [-0.1, -0.05) is 6.07 Å². The molecule has 0 fully saturated rings. The first-order chi connectivity index (χ1) is 14.2. The minimum absolute atomic E-state index is 0.135. The van der Waals surface area contributed by atoms with Crippen LogP contribution in [0.1, 0.15) is 28.7 Å². The summed E-state index contributed by atoms with van der Waals surface area (Å²) in [6.07, 6.45) is 3.45. The van der Waals surface area contributed by atoms with Crippen LogP contribution in [-0.4, -0.2) is 27.0 Å². The van der Waals surface area contributed by atoms with Crippen LogP contribution in [0.25, 0.3) is 16.7 Å². The maximum atomic E-state index is 12.5. The second-order valence-electron chi connectivity index (χ2n) is 6.67. The first-order valence-corrected chi connectivity index (χ1v) is 9.55. The molecule has 1 amide bonds. The molecular formula is C23H22N4O2. The van der Waals surface area contributed by atoms with Crippen LogP contribution in [0.4, 0.5) is 0 Å². The molecule has 0 aliphatic heterocycles. The zero-order valence-corrected chi connectivity index (χ0v) is 16.4. The van der Waals surface area contributed by atoms with Gasteiger partial charge in [-0.25, -0.2) is 4.98 Å². The second kappa shape index (κ2) is 8.14. The largest absolute Gasteiger partial charge is 0.494 e. The molecule has 6 nitrogen and oxygen atoms in total. The number of benzene rings is 2. The third-order valence-electron chi connectivity index (χ3n) is 4.67. The highest BCUT2D eigenvalue weighted by molar-refractivity contribution is 5.97. The lowest BCUT2D eigenvalue weighted by atomic mass is 10.1. The Bertz CT molecular complexity index is 1130. The Labute approximate surface area is 169 Å². The number of rotatable bonds is 6. The van der Waals surface area contributed by atoms with Crippen molar-refractivity contribution in [2.24, 2.45) is 0 Å². The number of fused-ring (bicyclic) bond motifs is 1. The van der Waals surface area contributed by atoms with Gasteiger partial charge in [0, 0.05) is 30.2 Å². The van der Waals surface area contributed by atoms with E-state index in [9.17, 15) is 4.79 Å². The van der Waals surface area contributed by atoms with Crippen molar-refractivity contribution < 1.29 is 9.53 Å². The summed E-state index contributed by atoms with van der Waals surface area (Å²) < 4.78 is 7.59. The van der Waals surface area contributed by atoms with Gasteiger partial charge in [-0.3, -0.25) is 14.3 Å². The van der Waals surface area contributed by atoms with E-state index in [-0.39, 0.29) is 5.91 Å². The van der Waals surface area contributed by atoms with Crippen LogP contribution >= 0.6 is 0 Å². The van der Waals surface area contributed by atoms with Crippen molar-refractivity contribution in [3.8, 4) is 11.4 Å². The molecule has 2 aromatic heterocycles. The van der Waals surface area contributed by atoms with E-state index in [1.54, 1.807) is 12.4 Å². The van der Waals surface area contributed by atoms with Crippen LogP contribution < -0.4 is 10.1 Å². The van der Waals surface area contributed by atoms with Crippen molar-refractivity contribution in [1.29, 1.82) is 0 Å². The second-order valence-corrected chi connectivity index (χ2v) is 6.67. The number of nitrogens with one attached hydrogen (secondary N) is 1. The fourth-order valence-corrected chi connectivity index (χ4v) is 3.31. The van der Waals surface area contributed by atoms with Crippen LogP contribution in [0.5, 0.6) is 5.75 Å². The molecule has 0 aliphatic rings. The summed E-state index contributed by atoms with van der Waals surface area (Å²) in [4.78, 5) is 21.3. The number of imidazole rings is 1. The molecule has 0 saturated carbocycles. The fourth-order valence-electron chi connectivity index (χ4n) is 3.31. The first-order valence-electron chi connectivity index (χ1n) is 9.55. The molecule has 0 bridgehead atoms. The van der Waals surface area contributed by atoms with Gasteiger partial charge in [0.1, 0.15) is 11.6 Å². The van der Waals surface area contributed by atoms with E-state index in [1.165, 1.54) is 0 Å². The maximum absolute atomic E-state index is 12.5. The van der Waals surface area contributed by atoms with Crippen LogP contribution in [0.15, 0.2) is 67.0 Å². The van der Waals surface area contributed by atoms with Crippen LogP contribution in [0.2, 0.25) is 0 Å². The highest BCUT2D eigenvalue weighted by Crippen LogP contribution is 2.24. The fraction of sp³-hybridized carbons (Fsp3) is 0.174. The van der Waals surface area contributed by atoms with Crippen molar-refractivity contribution in [2.75, 3.05) is 6.61 Å². The summed E-state index contributed by atoms with van der Waals surface area (Å²) in [5.74, 6) is 1.56. The third kappa shape index (κ3) is 3.96. The molecular weight excluding hydrogens is 364 g/mol. The summed E-state index contributed by atoms with van der Waals surface area (Å²) in [6, 6.07) is 17.3. The molecule has 4 rings (SSSR count). The van der Waals surface area contributed by atoms with Crippen molar-refractivity contribution in [1.82, 2.24) is 19.9 Å². The molecule has 0 atom stereocenters. The predicted molar refractivity (Wildman–Crippen MR) is 112 cm³/mol. The Morgan fingerprint density at radius 2 is 1.97 bits per heavy atom. The molecule has 0 aliphatic carbocycles. The topological polar surface area (TPSA) is 69.0 Å². The van der Waals surface area contributed by atoms with E-state index in [4.69, 9.17) is 4.74 Å². The number of hydrogen-bond donors (Lipinski definition) is 1. The first kappa shape index (κ1) is 18.7. The Hall–Kier alpha value is -3.67. The minimum Gasteiger partial charge on any atom is -0.494 e. The molecule has 0 saturated heterocycles. The van der Waals surface area contributed by atoms with Gasteiger partial charge in [0.05, 0.1) is 17.6 Å². The van der Waals surface area contributed by atoms with Crippen molar-refractivity contribution in [3.63, 3.8) is 0 Å². The Balaban J connectivity index is 1.58. The highest BCUT2D eigenvalue weighted by atomic mass is 16.5.